The fraction of sp³-hybridized carbons (Fsp3) is 0.269. The van der Waals surface area contributed by atoms with Crippen LogP contribution in [0.25, 0.3) is 5.13 Å². The van der Waals surface area contributed by atoms with E-state index in [1.807, 2.05) is 61.8 Å². The van der Waals surface area contributed by atoms with Crippen molar-refractivity contribution < 1.29 is 4.79 Å². The zero-order valence-corrected chi connectivity index (χ0v) is 20.7. The quantitative estimate of drug-likeness (QED) is 0.415. The van der Waals surface area contributed by atoms with Crippen LogP contribution in [0, 0.1) is 27.7 Å². The molecule has 0 atom stereocenters. The van der Waals surface area contributed by atoms with Gasteiger partial charge in [-0.3, -0.25) is 4.79 Å². The molecule has 2 aromatic carbocycles. The average molecular weight is 460 g/mol. The molecule has 0 spiro atoms. The monoisotopic (exact) mass is 459 g/mol. The summed E-state index contributed by atoms with van der Waals surface area (Å²) in [7, 11) is 3.97. The average Bonchev–Trinajstić information content (AvgIpc) is 3.30. The maximum Gasteiger partial charge on any atom is 0.267 e. The van der Waals surface area contributed by atoms with Crippen LogP contribution in [0.3, 0.4) is 0 Å². The Hall–Kier alpha value is -3.45. The van der Waals surface area contributed by atoms with Gasteiger partial charge in [0.15, 0.2) is 0 Å². The first-order chi connectivity index (χ1) is 15.7. The summed E-state index contributed by atoms with van der Waals surface area (Å²) in [5.41, 5.74) is 8.26. The molecule has 170 valence electrons. The summed E-state index contributed by atoms with van der Waals surface area (Å²) in [4.78, 5) is 20.2. The molecule has 0 aliphatic heterocycles. The van der Waals surface area contributed by atoms with Crippen LogP contribution in [0.5, 0.6) is 0 Å². The van der Waals surface area contributed by atoms with Crippen LogP contribution in [-0.4, -0.2) is 34.8 Å². The first-order valence-corrected chi connectivity index (χ1v) is 11.7. The number of anilines is 2. The molecule has 2 aromatic heterocycles. The number of aryl methyl sites for hydroxylation is 3. The smallest absolute Gasteiger partial charge is 0.267 e. The Balaban J connectivity index is 1.56. The minimum Gasteiger partial charge on any atom is -0.378 e. The van der Waals surface area contributed by atoms with Gasteiger partial charge in [-0.15, -0.1) is 0 Å². The molecule has 0 unspecified atom stereocenters. The number of carbonyl (C=O) groups excluding carboxylic acids is 1. The molecule has 4 aromatic rings. The molecule has 2 heterocycles. The van der Waals surface area contributed by atoms with Crippen LogP contribution >= 0.6 is 11.3 Å². The molecule has 1 N–H and O–H groups in total. The van der Waals surface area contributed by atoms with E-state index in [2.05, 4.69) is 48.4 Å². The van der Waals surface area contributed by atoms with Gasteiger partial charge in [0.05, 0.1) is 11.4 Å². The van der Waals surface area contributed by atoms with E-state index in [9.17, 15) is 4.79 Å². The standard InChI is InChI=1S/C26H29N5OS/c1-16-7-9-20(10-8-16)15-23-17(2)29-31(19(23)4)26-27-18(3)24(33-26)25(32)28-21-11-13-22(14-12-21)30(5)6/h7-14H,15H2,1-6H3,(H,28,32). The van der Waals surface area contributed by atoms with Gasteiger partial charge < -0.3 is 10.2 Å². The highest BCUT2D eigenvalue weighted by Gasteiger charge is 2.20. The zero-order chi connectivity index (χ0) is 23.7. The second-order valence-corrected chi connectivity index (χ2v) is 9.51. The highest BCUT2D eigenvalue weighted by molar-refractivity contribution is 7.16. The van der Waals surface area contributed by atoms with Crippen molar-refractivity contribution in [1.82, 2.24) is 14.8 Å². The largest absolute Gasteiger partial charge is 0.378 e. The van der Waals surface area contributed by atoms with E-state index in [0.29, 0.717) is 15.7 Å². The van der Waals surface area contributed by atoms with Crippen molar-refractivity contribution in [3.8, 4) is 5.13 Å². The maximum absolute atomic E-state index is 12.9. The van der Waals surface area contributed by atoms with Gasteiger partial charge >= 0.3 is 0 Å². The summed E-state index contributed by atoms with van der Waals surface area (Å²) in [6.45, 7) is 8.05. The normalized spacial score (nSPS) is 11.0. The van der Waals surface area contributed by atoms with Crippen molar-refractivity contribution in [3.63, 3.8) is 0 Å². The fourth-order valence-electron chi connectivity index (χ4n) is 3.74. The molecule has 0 saturated carbocycles. The Morgan fingerprint density at radius 3 is 2.27 bits per heavy atom. The number of hydrogen-bond acceptors (Lipinski definition) is 5. The second kappa shape index (κ2) is 9.19. The molecule has 0 fully saturated rings. The number of thiazole rings is 1. The van der Waals surface area contributed by atoms with Gasteiger partial charge in [0, 0.05) is 43.1 Å². The van der Waals surface area contributed by atoms with Crippen molar-refractivity contribution in [3.05, 3.63) is 87.2 Å². The highest BCUT2D eigenvalue weighted by atomic mass is 32.1. The number of hydrogen-bond donors (Lipinski definition) is 1. The molecular formula is C26H29N5OS. The molecule has 1 amide bonds. The van der Waals surface area contributed by atoms with Crippen molar-refractivity contribution >= 4 is 28.6 Å². The molecule has 4 rings (SSSR count). The molecule has 6 nitrogen and oxygen atoms in total. The van der Waals surface area contributed by atoms with E-state index in [1.165, 1.54) is 28.0 Å². The third-order valence-corrected chi connectivity index (χ3v) is 6.89. The van der Waals surface area contributed by atoms with Crippen LogP contribution < -0.4 is 10.2 Å². The maximum atomic E-state index is 12.9. The predicted molar refractivity (Wildman–Crippen MR) is 136 cm³/mol. The van der Waals surface area contributed by atoms with Crippen LogP contribution in [0.15, 0.2) is 48.5 Å². The minimum atomic E-state index is -0.157. The van der Waals surface area contributed by atoms with Crippen LogP contribution in [0.1, 0.15) is 43.4 Å². The van der Waals surface area contributed by atoms with Gasteiger partial charge in [0.2, 0.25) is 5.13 Å². The molecule has 0 aliphatic rings. The topological polar surface area (TPSA) is 63.1 Å². The van der Waals surface area contributed by atoms with Crippen LogP contribution in [0.2, 0.25) is 0 Å². The van der Waals surface area contributed by atoms with E-state index in [4.69, 9.17) is 5.10 Å². The number of aromatic nitrogens is 3. The Bertz CT molecular complexity index is 1280. The third kappa shape index (κ3) is 4.83. The van der Waals surface area contributed by atoms with Gasteiger partial charge in [-0.1, -0.05) is 41.2 Å². The predicted octanol–water partition coefficient (Wildman–Crippen LogP) is 5.47. The van der Waals surface area contributed by atoms with E-state index in [-0.39, 0.29) is 5.91 Å². The van der Waals surface area contributed by atoms with Gasteiger partial charge in [-0.2, -0.15) is 5.10 Å². The first kappa shape index (κ1) is 22.7. The number of carbonyl (C=O) groups is 1. The summed E-state index contributed by atoms with van der Waals surface area (Å²) in [6.07, 6.45) is 0.818. The molecule has 33 heavy (non-hydrogen) atoms. The number of nitrogens with one attached hydrogen (secondary N) is 1. The summed E-state index contributed by atoms with van der Waals surface area (Å²) in [6, 6.07) is 16.4. The molecule has 0 radical (unpaired) electrons. The second-order valence-electron chi connectivity index (χ2n) is 8.53. The van der Waals surface area contributed by atoms with Gasteiger partial charge in [-0.25, -0.2) is 9.67 Å². The summed E-state index contributed by atoms with van der Waals surface area (Å²) in [5.74, 6) is -0.157. The SMILES string of the molecule is Cc1ccc(Cc2c(C)nn(-c3nc(C)c(C(=O)Nc4ccc(N(C)C)cc4)s3)c2C)cc1. The number of amides is 1. The lowest BCUT2D eigenvalue weighted by molar-refractivity contribution is 0.103. The van der Waals surface area contributed by atoms with Crippen molar-refractivity contribution in [2.45, 2.75) is 34.1 Å². The van der Waals surface area contributed by atoms with Crippen molar-refractivity contribution in [2.24, 2.45) is 0 Å². The highest BCUT2D eigenvalue weighted by Crippen LogP contribution is 2.27. The lowest BCUT2D eigenvalue weighted by atomic mass is 10.0. The third-order valence-electron chi connectivity index (χ3n) is 5.76. The van der Waals surface area contributed by atoms with Crippen LogP contribution in [0.4, 0.5) is 11.4 Å². The summed E-state index contributed by atoms with van der Waals surface area (Å²) >= 11 is 1.36. The Labute approximate surface area is 198 Å². The fourth-order valence-corrected chi connectivity index (χ4v) is 4.71. The Morgan fingerprint density at radius 2 is 1.64 bits per heavy atom. The lowest BCUT2D eigenvalue weighted by Gasteiger charge is -2.12. The van der Waals surface area contributed by atoms with E-state index >= 15 is 0 Å². The zero-order valence-electron chi connectivity index (χ0n) is 19.9. The van der Waals surface area contributed by atoms with Crippen molar-refractivity contribution in [1.29, 1.82) is 0 Å². The Morgan fingerprint density at radius 1 is 0.970 bits per heavy atom. The molecule has 0 aliphatic carbocycles. The Kier molecular flexibility index (Phi) is 6.33. The molecule has 7 heteroatoms. The molecule has 0 saturated heterocycles. The number of rotatable bonds is 6. The van der Waals surface area contributed by atoms with Gasteiger partial charge in [0.25, 0.3) is 5.91 Å². The van der Waals surface area contributed by atoms with E-state index in [0.717, 1.165) is 29.2 Å². The van der Waals surface area contributed by atoms with Crippen molar-refractivity contribution in [2.75, 3.05) is 24.3 Å². The van der Waals surface area contributed by atoms with E-state index in [1.54, 1.807) is 0 Å². The number of benzene rings is 2. The van der Waals surface area contributed by atoms with Gasteiger partial charge in [-0.05, 0) is 57.5 Å². The lowest BCUT2D eigenvalue weighted by Crippen LogP contribution is -2.12. The van der Waals surface area contributed by atoms with Crippen LogP contribution in [-0.2, 0) is 6.42 Å². The summed E-state index contributed by atoms with van der Waals surface area (Å²) in [5, 5.41) is 8.43. The first-order valence-electron chi connectivity index (χ1n) is 10.9. The van der Waals surface area contributed by atoms with Gasteiger partial charge in [0.1, 0.15) is 4.88 Å². The summed E-state index contributed by atoms with van der Waals surface area (Å²) < 4.78 is 1.86. The number of nitrogens with zero attached hydrogens (tertiary/aromatic N) is 4. The molecular weight excluding hydrogens is 430 g/mol. The minimum absolute atomic E-state index is 0.157. The van der Waals surface area contributed by atoms with E-state index < -0.39 is 0 Å². The molecule has 0 bridgehead atoms.